The van der Waals surface area contributed by atoms with Gasteiger partial charge >= 0.3 is 0 Å². The van der Waals surface area contributed by atoms with E-state index in [9.17, 15) is 4.79 Å². The Labute approximate surface area is 167 Å². The Kier molecular flexibility index (Phi) is 5.43. The number of aromatic nitrogens is 1. The van der Waals surface area contributed by atoms with Crippen LogP contribution in [0.4, 0.5) is 0 Å². The van der Waals surface area contributed by atoms with Crippen LogP contribution >= 0.6 is 11.3 Å². The number of carbonyl (C=O) groups is 1. The fourth-order valence-electron chi connectivity index (χ4n) is 2.87. The molecule has 1 N–H and O–H groups in total. The summed E-state index contributed by atoms with van der Waals surface area (Å²) in [6.45, 7) is 0.709. The molecule has 1 aliphatic rings. The van der Waals surface area contributed by atoms with Crippen LogP contribution in [0.3, 0.4) is 0 Å². The molecular formula is C21H20N2O4S. The van der Waals surface area contributed by atoms with E-state index < -0.39 is 0 Å². The molecule has 2 heterocycles. The van der Waals surface area contributed by atoms with Crippen molar-refractivity contribution >= 4 is 17.2 Å². The Bertz CT molecular complexity index is 969. The van der Waals surface area contributed by atoms with Gasteiger partial charge in [0.15, 0.2) is 11.5 Å². The van der Waals surface area contributed by atoms with Crippen molar-refractivity contribution in [2.75, 3.05) is 13.9 Å². The Hall–Kier alpha value is -3.06. The van der Waals surface area contributed by atoms with E-state index in [-0.39, 0.29) is 12.7 Å². The van der Waals surface area contributed by atoms with Crippen LogP contribution in [-0.4, -0.2) is 24.8 Å². The molecule has 3 aromatic rings. The molecular weight excluding hydrogens is 376 g/mol. The molecule has 144 valence electrons. The number of nitrogens with zero attached hydrogens (tertiary/aromatic N) is 1. The molecule has 1 aliphatic heterocycles. The number of hydrogen-bond donors (Lipinski definition) is 1. The summed E-state index contributed by atoms with van der Waals surface area (Å²) in [6, 6.07) is 13.5. The lowest BCUT2D eigenvalue weighted by atomic mass is 10.2. The third-order valence-corrected chi connectivity index (χ3v) is 5.36. The highest BCUT2D eigenvalue weighted by Gasteiger charge is 2.13. The summed E-state index contributed by atoms with van der Waals surface area (Å²) in [4.78, 5) is 16.8. The highest BCUT2D eigenvalue weighted by molar-refractivity contribution is 7.13. The first-order chi connectivity index (χ1) is 13.7. The molecule has 1 amide bonds. The number of fused-ring (bicyclic) bond motifs is 1. The molecule has 0 saturated heterocycles. The Morgan fingerprint density at radius 2 is 2.00 bits per heavy atom. The first-order valence-corrected chi connectivity index (χ1v) is 9.83. The molecule has 1 aromatic heterocycles. The van der Waals surface area contributed by atoms with Gasteiger partial charge in [0.2, 0.25) is 12.7 Å². The molecule has 6 nitrogen and oxygen atoms in total. The van der Waals surface area contributed by atoms with Gasteiger partial charge in [-0.1, -0.05) is 6.07 Å². The van der Waals surface area contributed by atoms with E-state index in [0.717, 1.165) is 39.1 Å². The average molecular weight is 396 g/mol. The highest BCUT2D eigenvalue weighted by Crippen LogP contribution is 2.32. The summed E-state index contributed by atoms with van der Waals surface area (Å²) in [5.41, 5.74) is 2.95. The van der Waals surface area contributed by atoms with Crippen LogP contribution in [0.25, 0.3) is 10.6 Å². The number of hydrogen-bond acceptors (Lipinski definition) is 6. The second-order valence-corrected chi connectivity index (χ2v) is 7.19. The van der Waals surface area contributed by atoms with E-state index >= 15 is 0 Å². The first-order valence-electron chi connectivity index (χ1n) is 8.95. The summed E-state index contributed by atoms with van der Waals surface area (Å²) in [5, 5.41) is 5.89. The van der Waals surface area contributed by atoms with Crippen LogP contribution in [0.1, 0.15) is 17.7 Å². The summed E-state index contributed by atoms with van der Waals surface area (Å²) >= 11 is 1.58. The molecule has 0 bridgehead atoms. The van der Waals surface area contributed by atoms with Crippen molar-refractivity contribution in [3.05, 3.63) is 59.1 Å². The predicted octanol–water partition coefficient (Wildman–Crippen LogP) is 3.80. The van der Waals surface area contributed by atoms with Crippen molar-refractivity contribution in [1.29, 1.82) is 0 Å². The topological polar surface area (TPSA) is 69.7 Å². The van der Waals surface area contributed by atoms with E-state index in [0.29, 0.717) is 19.4 Å². The zero-order valence-corrected chi connectivity index (χ0v) is 16.3. The third-order valence-electron chi connectivity index (χ3n) is 4.42. The lowest BCUT2D eigenvalue weighted by molar-refractivity contribution is -0.121. The summed E-state index contributed by atoms with van der Waals surface area (Å²) in [7, 11) is 1.65. The number of rotatable bonds is 7. The van der Waals surface area contributed by atoms with Crippen molar-refractivity contribution < 1.29 is 19.0 Å². The van der Waals surface area contributed by atoms with Crippen LogP contribution in [0.5, 0.6) is 17.2 Å². The average Bonchev–Trinajstić information content (AvgIpc) is 3.39. The maximum Gasteiger partial charge on any atom is 0.231 e. The summed E-state index contributed by atoms with van der Waals surface area (Å²) in [5.74, 6) is 2.28. The maximum absolute atomic E-state index is 12.2. The minimum Gasteiger partial charge on any atom is -0.497 e. The predicted molar refractivity (Wildman–Crippen MR) is 107 cm³/mol. The van der Waals surface area contributed by atoms with Gasteiger partial charge < -0.3 is 19.5 Å². The van der Waals surface area contributed by atoms with Crippen molar-refractivity contribution in [3.8, 4) is 27.8 Å². The molecule has 4 rings (SSSR count). The molecule has 0 atom stereocenters. The standard InChI is InChI=1S/C21H20N2O4S/c1-25-17-6-3-15(4-7-17)21-23-16(12-28-21)5-9-20(24)22-11-14-2-8-18-19(10-14)27-13-26-18/h2-4,6-8,10,12H,5,9,11,13H2,1H3,(H,22,24). The van der Waals surface area contributed by atoms with Crippen LogP contribution in [0.2, 0.25) is 0 Å². The van der Waals surface area contributed by atoms with Crippen LogP contribution in [0.15, 0.2) is 47.8 Å². The third kappa shape index (κ3) is 4.26. The molecule has 0 radical (unpaired) electrons. The second kappa shape index (κ2) is 8.31. The zero-order valence-electron chi connectivity index (χ0n) is 15.4. The van der Waals surface area contributed by atoms with Gasteiger partial charge in [0, 0.05) is 23.9 Å². The van der Waals surface area contributed by atoms with E-state index in [4.69, 9.17) is 14.2 Å². The number of ether oxygens (including phenoxy) is 3. The fourth-order valence-corrected chi connectivity index (χ4v) is 3.73. The van der Waals surface area contributed by atoms with Gasteiger partial charge in [-0.2, -0.15) is 0 Å². The van der Waals surface area contributed by atoms with Gasteiger partial charge in [-0.25, -0.2) is 4.98 Å². The number of thiazole rings is 1. The zero-order chi connectivity index (χ0) is 19.3. The minimum absolute atomic E-state index is 0.00309. The van der Waals surface area contributed by atoms with Gasteiger partial charge in [0.25, 0.3) is 0 Å². The van der Waals surface area contributed by atoms with E-state index in [2.05, 4.69) is 10.3 Å². The van der Waals surface area contributed by atoms with Crippen molar-refractivity contribution in [1.82, 2.24) is 10.3 Å². The largest absolute Gasteiger partial charge is 0.497 e. The van der Waals surface area contributed by atoms with Crippen LogP contribution in [0, 0.1) is 0 Å². The number of nitrogens with one attached hydrogen (secondary N) is 1. The number of benzene rings is 2. The van der Waals surface area contributed by atoms with E-state index in [1.165, 1.54) is 0 Å². The molecule has 0 spiro atoms. The number of carbonyl (C=O) groups excluding carboxylic acids is 1. The lowest BCUT2D eigenvalue weighted by Gasteiger charge is -2.06. The number of methoxy groups -OCH3 is 1. The number of amides is 1. The fraction of sp³-hybridized carbons (Fsp3) is 0.238. The lowest BCUT2D eigenvalue weighted by Crippen LogP contribution is -2.23. The molecule has 0 fully saturated rings. The Morgan fingerprint density at radius 1 is 1.18 bits per heavy atom. The second-order valence-electron chi connectivity index (χ2n) is 6.34. The molecule has 0 unspecified atom stereocenters. The Balaban J connectivity index is 1.27. The quantitative estimate of drug-likeness (QED) is 0.658. The SMILES string of the molecule is COc1ccc(-c2nc(CCC(=O)NCc3ccc4c(c3)OCO4)cs2)cc1. The molecule has 0 aliphatic carbocycles. The summed E-state index contributed by atoms with van der Waals surface area (Å²) in [6.07, 6.45) is 1.01. The first kappa shape index (κ1) is 18.3. The van der Waals surface area contributed by atoms with Crippen LogP contribution in [-0.2, 0) is 17.8 Å². The number of aryl methyl sites for hydroxylation is 1. The van der Waals surface area contributed by atoms with Gasteiger partial charge in [0.05, 0.1) is 12.8 Å². The molecule has 28 heavy (non-hydrogen) atoms. The monoisotopic (exact) mass is 396 g/mol. The summed E-state index contributed by atoms with van der Waals surface area (Å²) < 4.78 is 15.8. The smallest absolute Gasteiger partial charge is 0.231 e. The normalized spacial score (nSPS) is 12.0. The molecule has 2 aromatic carbocycles. The van der Waals surface area contributed by atoms with Crippen LogP contribution < -0.4 is 19.5 Å². The van der Waals surface area contributed by atoms with Gasteiger partial charge in [-0.05, 0) is 48.4 Å². The van der Waals surface area contributed by atoms with Crippen molar-refractivity contribution in [2.45, 2.75) is 19.4 Å². The van der Waals surface area contributed by atoms with E-state index in [1.54, 1.807) is 18.4 Å². The molecule has 7 heteroatoms. The van der Waals surface area contributed by atoms with Crippen molar-refractivity contribution in [3.63, 3.8) is 0 Å². The maximum atomic E-state index is 12.2. The van der Waals surface area contributed by atoms with E-state index in [1.807, 2.05) is 47.8 Å². The van der Waals surface area contributed by atoms with Gasteiger partial charge in [-0.3, -0.25) is 4.79 Å². The minimum atomic E-state index is -0.00309. The van der Waals surface area contributed by atoms with Gasteiger partial charge in [-0.15, -0.1) is 11.3 Å². The Morgan fingerprint density at radius 3 is 2.82 bits per heavy atom. The van der Waals surface area contributed by atoms with Gasteiger partial charge in [0.1, 0.15) is 10.8 Å². The van der Waals surface area contributed by atoms with Crippen molar-refractivity contribution in [2.24, 2.45) is 0 Å². The molecule has 0 saturated carbocycles. The highest BCUT2D eigenvalue weighted by atomic mass is 32.1.